The molecule has 0 saturated carbocycles. The van der Waals surface area contributed by atoms with E-state index in [2.05, 4.69) is 17.2 Å². The Hall–Kier alpha value is -1.59. The minimum Gasteiger partial charge on any atom is -0.493 e. The number of hydrogen-bond acceptors (Lipinski definition) is 5. The Bertz CT molecular complexity index is 555. The quantitative estimate of drug-likeness (QED) is 0.850. The molecule has 1 heterocycles. The first-order valence-electron chi connectivity index (χ1n) is 6.69. The Kier molecular flexibility index (Phi) is 5.38. The summed E-state index contributed by atoms with van der Waals surface area (Å²) in [4.78, 5) is 5.67. The van der Waals surface area contributed by atoms with Gasteiger partial charge in [-0.2, -0.15) is 0 Å². The molecule has 2 aromatic rings. The Morgan fingerprint density at radius 1 is 1.30 bits per heavy atom. The number of aromatic nitrogens is 1. The van der Waals surface area contributed by atoms with Gasteiger partial charge in [-0.1, -0.05) is 6.92 Å². The highest BCUT2D eigenvalue weighted by molar-refractivity contribution is 7.15. The monoisotopic (exact) mass is 292 g/mol. The van der Waals surface area contributed by atoms with Crippen LogP contribution in [0.1, 0.15) is 18.2 Å². The van der Waals surface area contributed by atoms with Crippen LogP contribution in [0.2, 0.25) is 0 Å². The molecule has 0 aliphatic rings. The molecule has 1 aromatic carbocycles. The van der Waals surface area contributed by atoms with Gasteiger partial charge in [0.15, 0.2) is 11.5 Å². The number of nitrogens with one attached hydrogen (secondary N) is 1. The van der Waals surface area contributed by atoms with E-state index < -0.39 is 0 Å². The summed E-state index contributed by atoms with van der Waals surface area (Å²) in [5, 5.41) is 4.13. The van der Waals surface area contributed by atoms with E-state index in [1.807, 2.05) is 31.4 Å². The third kappa shape index (κ3) is 3.49. The number of methoxy groups -OCH3 is 1. The molecular formula is C15H20N2O2S. The third-order valence-electron chi connectivity index (χ3n) is 2.78. The SMILES string of the molecule is CCCOc1ccc(-c2ncc(CNC)s2)cc1OC. The minimum atomic E-state index is 0.694. The second kappa shape index (κ2) is 7.26. The number of rotatable bonds is 7. The van der Waals surface area contributed by atoms with Gasteiger partial charge in [-0.05, 0) is 31.7 Å². The van der Waals surface area contributed by atoms with E-state index in [1.54, 1.807) is 18.4 Å². The fourth-order valence-corrected chi connectivity index (χ4v) is 2.75. The van der Waals surface area contributed by atoms with Crippen LogP contribution in [0, 0.1) is 0 Å². The molecule has 0 aliphatic heterocycles. The van der Waals surface area contributed by atoms with E-state index in [0.29, 0.717) is 6.61 Å². The molecule has 2 rings (SSSR count). The van der Waals surface area contributed by atoms with E-state index in [4.69, 9.17) is 9.47 Å². The van der Waals surface area contributed by atoms with Crippen LogP contribution in [0.25, 0.3) is 10.6 Å². The third-order valence-corrected chi connectivity index (χ3v) is 3.82. The summed E-state index contributed by atoms with van der Waals surface area (Å²) in [5.74, 6) is 1.53. The number of hydrogen-bond donors (Lipinski definition) is 1. The van der Waals surface area contributed by atoms with Gasteiger partial charge in [0, 0.05) is 23.2 Å². The predicted molar refractivity (Wildman–Crippen MR) is 82.7 cm³/mol. The first-order valence-corrected chi connectivity index (χ1v) is 7.50. The largest absolute Gasteiger partial charge is 0.493 e. The summed E-state index contributed by atoms with van der Waals surface area (Å²) in [7, 11) is 3.59. The zero-order valence-electron chi connectivity index (χ0n) is 12.1. The highest BCUT2D eigenvalue weighted by atomic mass is 32.1. The molecule has 0 spiro atoms. The Morgan fingerprint density at radius 2 is 2.15 bits per heavy atom. The van der Waals surface area contributed by atoms with Gasteiger partial charge in [0.2, 0.25) is 0 Å². The molecule has 1 aromatic heterocycles. The molecule has 4 nitrogen and oxygen atoms in total. The van der Waals surface area contributed by atoms with E-state index >= 15 is 0 Å². The van der Waals surface area contributed by atoms with Gasteiger partial charge >= 0.3 is 0 Å². The second-order valence-electron chi connectivity index (χ2n) is 4.38. The van der Waals surface area contributed by atoms with Crippen molar-refractivity contribution in [1.82, 2.24) is 10.3 Å². The van der Waals surface area contributed by atoms with Gasteiger partial charge < -0.3 is 14.8 Å². The lowest BCUT2D eigenvalue weighted by Gasteiger charge is -2.10. The molecule has 0 unspecified atom stereocenters. The lowest BCUT2D eigenvalue weighted by Crippen LogP contribution is -2.02. The topological polar surface area (TPSA) is 43.4 Å². The highest BCUT2D eigenvalue weighted by Crippen LogP contribution is 2.34. The number of thiazole rings is 1. The van der Waals surface area contributed by atoms with E-state index in [9.17, 15) is 0 Å². The smallest absolute Gasteiger partial charge is 0.161 e. The van der Waals surface area contributed by atoms with Crippen LogP contribution < -0.4 is 14.8 Å². The molecule has 0 radical (unpaired) electrons. The van der Waals surface area contributed by atoms with Crippen molar-refractivity contribution < 1.29 is 9.47 Å². The van der Waals surface area contributed by atoms with Crippen LogP contribution in [0.3, 0.4) is 0 Å². The van der Waals surface area contributed by atoms with Crippen molar-refractivity contribution in [3.63, 3.8) is 0 Å². The van der Waals surface area contributed by atoms with Crippen LogP contribution in [0.5, 0.6) is 11.5 Å². The fraction of sp³-hybridized carbons (Fsp3) is 0.400. The van der Waals surface area contributed by atoms with Crippen LogP contribution in [0.15, 0.2) is 24.4 Å². The van der Waals surface area contributed by atoms with Gasteiger partial charge in [-0.25, -0.2) is 4.98 Å². The van der Waals surface area contributed by atoms with Gasteiger partial charge in [0.05, 0.1) is 13.7 Å². The molecule has 0 amide bonds. The summed E-state index contributed by atoms with van der Waals surface area (Å²) < 4.78 is 11.1. The maximum Gasteiger partial charge on any atom is 0.161 e. The molecule has 5 heteroatoms. The van der Waals surface area contributed by atoms with Crippen molar-refractivity contribution in [2.45, 2.75) is 19.9 Å². The van der Waals surface area contributed by atoms with Crippen LogP contribution in [-0.2, 0) is 6.54 Å². The van der Waals surface area contributed by atoms with E-state index in [0.717, 1.165) is 35.0 Å². The normalized spacial score (nSPS) is 10.6. The first-order chi connectivity index (χ1) is 9.78. The summed E-state index contributed by atoms with van der Waals surface area (Å²) in [6, 6.07) is 5.95. The van der Waals surface area contributed by atoms with Crippen molar-refractivity contribution in [2.24, 2.45) is 0 Å². The van der Waals surface area contributed by atoms with Crippen LogP contribution in [0.4, 0.5) is 0 Å². The predicted octanol–water partition coefficient (Wildman–Crippen LogP) is 3.33. The zero-order chi connectivity index (χ0) is 14.4. The fourth-order valence-electron chi connectivity index (χ4n) is 1.83. The molecule has 1 N–H and O–H groups in total. The van der Waals surface area contributed by atoms with Gasteiger partial charge in [-0.15, -0.1) is 11.3 Å². The molecular weight excluding hydrogens is 272 g/mol. The van der Waals surface area contributed by atoms with Crippen molar-refractivity contribution in [1.29, 1.82) is 0 Å². The second-order valence-corrected chi connectivity index (χ2v) is 5.49. The highest BCUT2D eigenvalue weighted by Gasteiger charge is 2.09. The maximum absolute atomic E-state index is 5.66. The molecule has 0 aliphatic carbocycles. The molecule has 0 atom stereocenters. The molecule has 0 bridgehead atoms. The van der Waals surface area contributed by atoms with Gasteiger partial charge in [0.25, 0.3) is 0 Å². The van der Waals surface area contributed by atoms with Gasteiger partial charge in [-0.3, -0.25) is 0 Å². The van der Waals surface area contributed by atoms with Crippen molar-refractivity contribution >= 4 is 11.3 Å². The lowest BCUT2D eigenvalue weighted by atomic mass is 10.2. The van der Waals surface area contributed by atoms with Crippen molar-refractivity contribution in [3.8, 4) is 22.1 Å². The van der Waals surface area contributed by atoms with E-state index in [-0.39, 0.29) is 0 Å². The average molecular weight is 292 g/mol. The minimum absolute atomic E-state index is 0.694. The number of nitrogens with zero attached hydrogens (tertiary/aromatic N) is 1. The van der Waals surface area contributed by atoms with E-state index in [1.165, 1.54) is 4.88 Å². The number of benzene rings is 1. The van der Waals surface area contributed by atoms with Crippen LogP contribution in [-0.4, -0.2) is 25.7 Å². The molecule has 108 valence electrons. The van der Waals surface area contributed by atoms with Crippen LogP contribution >= 0.6 is 11.3 Å². The summed E-state index contributed by atoms with van der Waals surface area (Å²) in [5.41, 5.74) is 1.05. The maximum atomic E-state index is 5.66. The molecule has 0 saturated heterocycles. The zero-order valence-corrected chi connectivity index (χ0v) is 12.9. The summed E-state index contributed by atoms with van der Waals surface area (Å²) in [6.45, 7) is 3.62. The Morgan fingerprint density at radius 3 is 2.85 bits per heavy atom. The lowest BCUT2D eigenvalue weighted by molar-refractivity contribution is 0.294. The standard InChI is InChI=1S/C15H20N2O2S/c1-4-7-19-13-6-5-11(8-14(13)18-3)15-17-10-12(20-15)9-16-2/h5-6,8,10,16H,4,7,9H2,1-3H3. The first kappa shape index (κ1) is 14.8. The number of ether oxygens (including phenoxy) is 2. The van der Waals surface area contributed by atoms with Crippen molar-refractivity contribution in [2.75, 3.05) is 20.8 Å². The molecule has 20 heavy (non-hydrogen) atoms. The Labute approximate surface area is 123 Å². The van der Waals surface area contributed by atoms with Crippen molar-refractivity contribution in [3.05, 3.63) is 29.3 Å². The summed E-state index contributed by atoms with van der Waals surface area (Å²) in [6.07, 6.45) is 2.88. The summed E-state index contributed by atoms with van der Waals surface area (Å²) >= 11 is 1.68. The molecule has 0 fully saturated rings. The average Bonchev–Trinajstić information content (AvgIpc) is 2.94. The van der Waals surface area contributed by atoms with Gasteiger partial charge in [0.1, 0.15) is 5.01 Å². The Balaban J connectivity index is 2.23.